The fourth-order valence-corrected chi connectivity index (χ4v) is 7.67. The normalized spacial score (nSPS) is 34.0. The molecule has 5 aliphatic rings. The number of Topliss-reactive ketones (excluding diaryl/α,β-unsaturated/α-hetero) is 3. The molecule has 5 N–H and O–H groups in total. The van der Waals surface area contributed by atoms with Crippen molar-refractivity contribution in [1.82, 2.24) is 9.80 Å². The van der Waals surface area contributed by atoms with Gasteiger partial charge in [0.05, 0.1) is 23.2 Å². The van der Waals surface area contributed by atoms with Crippen molar-refractivity contribution in [3.63, 3.8) is 0 Å². The molecule has 220 valence electrons. The van der Waals surface area contributed by atoms with Gasteiger partial charge in [0.2, 0.25) is 5.91 Å². The van der Waals surface area contributed by atoms with Crippen LogP contribution in [-0.4, -0.2) is 86.8 Å². The lowest BCUT2D eigenvalue weighted by Gasteiger charge is -2.53. The maximum Gasteiger partial charge on any atom is 0.233 e. The number of nitrogens with one attached hydrogen (secondary N) is 1. The first-order valence-corrected chi connectivity index (χ1v) is 14.4. The Hall–Kier alpha value is -3.02. The minimum absolute atomic E-state index is 0.0103. The summed E-state index contributed by atoms with van der Waals surface area (Å²) in [6.45, 7) is 3.30. The summed E-state index contributed by atoms with van der Waals surface area (Å²) >= 11 is 0. The van der Waals surface area contributed by atoms with Gasteiger partial charge >= 0.3 is 0 Å². The number of hydrogen-bond donors (Lipinski definition) is 4. The number of phenols is 1. The van der Waals surface area contributed by atoms with Gasteiger partial charge in [0.15, 0.2) is 23.0 Å². The van der Waals surface area contributed by atoms with Crippen molar-refractivity contribution in [2.75, 3.05) is 20.6 Å². The molecule has 0 aromatic heterocycles. The van der Waals surface area contributed by atoms with E-state index >= 15 is 4.39 Å². The Morgan fingerprint density at radius 3 is 2.44 bits per heavy atom. The number of nitrogens with two attached hydrogens (primary N) is 1. The van der Waals surface area contributed by atoms with Crippen molar-refractivity contribution in [3.8, 4) is 5.75 Å². The molecule has 0 aliphatic heterocycles. The van der Waals surface area contributed by atoms with Gasteiger partial charge in [0.25, 0.3) is 0 Å². The van der Waals surface area contributed by atoms with Crippen LogP contribution in [0.5, 0.6) is 5.75 Å². The van der Waals surface area contributed by atoms with Gasteiger partial charge in [-0.2, -0.15) is 0 Å². The van der Waals surface area contributed by atoms with Crippen LogP contribution in [0.2, 0.25) is 0 Å². The number of phenolic OH excluding ortho intramolecular Hbond substituents is 1. The molecule has 0 bridgehead atoms. The second-order valence-electron chi connectivity index (χ2n) is 13.4. The van der Waals surface area contributed by atoms with Crippen molar-refractivity contribution in [2.45, 2.75) is 69.2 Å². The smallest absolute Gasteiger partial charge is 0.233 e. The van der Waals surface area contributed by atoms with E-state index in [1.165, 1.54) is 11.0 Å². The van der Waals surface area contributed by atoms with E-state index in [1.54, 1.807) is 14.1 Å². The van der Waals surface area contributed by atoms with Crippen molar-refractivity contribution in [1.29, 1.82) is 5.41 Å². The summed E-state index contributed by atoms with van der Waals surface area (Å²) in [6.07, 6.45) is 4.26. The topological polar surface area (TPSA) is 165 Å². The fourth-order valence-electron chi connectivity index (χ4n) is 7.67. The van der Waals surface area contributed by atoms with E-state index in [0.717, 1.165) is 32.2 Å². The van der Waals surface area contributed by atoms with Crippen LogP contribution in [0.15, 0.2) is 6.07 Å². The number of aliphatic hydroxyl groups is 1. The first-order valence-electron chi connectivity index (χ1n) is 14.4. The van der Waals surface area contributed by atoms with Gasteiger partial charge in [-0.15, -0.1) is 0 Å². The molecule has 6 rings (SSSR count). The summed E-state index contributed by atoms with van der Waals surface area (Å²) in [4.78, 5) is 57.0. The molecule has 1 amide bonds. The van der Waals surface area contributed by atoms with E-state index in [4.69, 9.17) is 11.1 Å². The molecule has 6 atom stereocenters. The van der Waals surface area contributed by atoms with Gasteiger partial charge in [-0.05, 0) is 77.4 Å². The fraction of sp³-hybridized carbons (Fsp3) is 0.633. The van der Waals surface area contributed by atoms with Crippen LogP contribution in [0.3, 0.4) is 0 Å². The lowest BCUT2D eigenvalue weighted by molar-refractivity contribution is -0.157. The van der Waals surface area contributed by atoms with Gasteiger partial charge in [-0.3, -0.25) is 29.0 Å². The number of hydrogen-bond acceptors (Lipinski definition) is 9. The Kier molecular flexibility index (Phi) is 6.34. The van der Waals surface area contributed by atoms with Crippen LogP contribution in [0, 0.1) is 40.8 Å². The highest BCUT2D eigenvalue weighted by molar-refractivity contribution is 6.33. The quantitative estimate of drug-likeness (QED) is 0.357. The summed E-state index contributed by atoms with van der Waals surface area (Å²) in [6, 6.07) is 0.155. The highest BCUT2D eigenvalue weighted by Gasteiger charge is 2.67. The number of aromatic hydroxyl groups is 1. The van der Waals surface area contributed by atoms with Crippen LogP contribution >= 0.6 is 0 Å². The second kappa shape index (κ2) is 9.24. The summed E-state index contributed by atoms with van der Waals surface area (Å²) < 4.78 is 16.2. The maximum atomic E-state index is 16.2. The Labute approximate surface area is 237 Å². The van der Waals surface area contributed by atoms with Crippen LogP contribution in [-0.2, 0) is 27.3 Å². The van der Waals surface area contributed by atoms with Crippen molar-refractivity contribution < 1.29 is 33.8 Å². The third kappa shape index (κ3) is 4.11. The van der Waals surface area contributed by atoms with E-state index in [9.17, 15) is 29.4 Å². The zero-order valence-corrected chi connectivity index (χ0v) is 23.6. The van der Waals surface area contributed by atoms with Gasteiger partial charge in [-0.1, -0.05) is 0 Å². The van der Waals surface area contributed by atoms with E-state index in [1.807, 2.05) is 0 Å². The van der Waals surface area contributed by atoms with Crippen molar-refractivity contribution >= 4 is 29.0 Å². The number of fused-ring (bicyclic) bond motifs is 3. The number of carbonyl (C=O) groups excluding carboxylic acids is 4. The zero-order valence-electron chi connectivity index (χ0n) is 23.6. The highest BCUT2D eigenvalue weighted by atomic mass is 19.1. The molecule has 5 aliphatic carbocycles. The number of benzene rings is 1. The van der Waals surface area contributed by atoms with E-state index in [2.05, 4.69) is 11.8 Å². The summed E-state index contributed by atoms with van der Waals surface area (Å²) in [5.41, 5.74) is 2.08. The number of ketones is 3. The average Bonchev–Trinajstić information content (AvgIpc) is 3.82. The highest BCUT2D eigenvalue weighted by Crippen LogP contribution is 2.52. The monoisotopic (exact) mass is 568 g/mol. The molecule has 0 spiro atoms. The molecule has 0 heterocycles. The maximum absolute atomic E-state index is 16.2. The van der Waals surface area contributed by atoms with E-state index in [0.29, 0.717) is 18.0 Å². The van der Waals surface area contributed by atoms with Crippen LogP contribution in [0.1, 0.15) is 60.5 Å². The lowest BCUT2D eigenvalue weighted by Crippen LogP contribution is -2.73. The SMILES string of the molecule is CN(C)C1C(=O)C(C(N)=O)C(=N)C2(O)C(=O)C3C(=O)c4c(O)cc(CN(CC5CC5)C5(C)CC5)c(F)c4CC3CC12. The van der Waals surface area contributed by atoms with Gasteiger partial charge < -0.3 is 21.4 Å². The third-order valence-electron chi connectivity index (χ3n) is 10.4. The summed E-state index contributed by atoms with van der Waals surface area (Å²) in [5.74, 6) is -9.22. The number of halogens is 1. The minimum Gasteiger partial charge on any atom is -0.507 e. The van der Waals surface area contributed by atoms with Gasteiger partial charge in [0.1, 0.15) is 17.5 Å². The largest absolute Gasteiger partial charge is 0.507 e. The number of carbonyl (C=O) groups is 4. The molecular weight excluding hydrogens is 531 g/mol. The summed E-state index contributed by atoms with van der Waals surface area (Å²) in [7, 11) is 3.12. The van der Waals surface area contributed by atoms with Crippen LogP contribution in [0.4, 0.5) is 4.39 Å². The van der Waals surface area contributed by atoms with Crippen LogP contribution in [0.25, 0.3) is 0 Å². The predicted octanol–water partition coefficient (Wildman–Crippen LogP) is 1.22. The number of amides is 1. The number of likely N-dealkylation sites (N-methyl/N-ethyl adjacent to an activating group) is 1. The van der Waals surface area contributed by atoms with E-state index < -0.39 is 75.8 Å². The Morgan fingerprint density at radius 1 is 1.22 bits per heavy atom. The summed E-state index contributed by atoms with van der Waals surface area (Å²) in [5, 5.41) is 31.3. The Bertz CT molecular complexity index is 1400. The molecule has 6 unspecified atom stereocenters. The van der Waals surface area contributed by atoms with Crippen molar-refractivity contribution in [3.05, 3.63) is 28.6 Å². The molecular formula is C30H37FN4O6. The molecule has 41 heavy (non-hydrogen) atoms. The first-order chi connectivity index (χ1) is 19.2. The first kappa shape index (κ1) is 28.1. The van der Waals surface area contributed by atoms with Gasteiger partial charge in [-0.25, -0.2) is 4.39 Å². The number of primary amides is 1. The molecule has 0 saturated heterocycles. The molecule has 4 fully saturated rings. The molecule has 1 aromatic carbocycles. The molecule has 10 nitrogen and oxygen atoms in total. The molecule has 1 aromatic rings. The molecule has 11 heteroatoms. The second-order valence-corrected chi connectivity index (χ2v) is 13.4. The standard InChI is InChI=1S/C30H37FN4O6/c1-29(6-7-29)35(11-13-4-5-13)12-15-10-18(36)20-16(22(15)31)8-14-9-17-23(34(2)3)25(38)21(28(33)40)26(32)30(17,41)27(39)19(14)24(20)37/h10,13-14,17,19,21,23,32,36,41H,4-9,11-12H2,1-3H3,(H2,33,40). The lowest BCUT2D eigenvalue weighted by atomic mass is 9.52. The average molecular weight is 569 g/mol. The van der Waals surface area contributed by atoms with E-state index in [-0.39, 0.29) is 29.5 Å². The number of nitrogens with zero attached hydrogens (tertiary/aromatic N) is 2. The van der Waals surface area contributed by atoms with Gasteiger partial charge in [0, 0.05) is 35.7 Å². The third-order valence-corrected chi connectivity index (χ3v) is 10.4. The van der Waals surface area contributed by atoms with Crippen LogP contribution < -0.4 is 5.73 Å². The minimum atomic E-state index is -2.58. The number of rotatable bonds is 7. The predicted molar refractivity (Wildman–Crippen MR) is 145 cm³/mol. The zero-order chi connectivity index (χ0) is 29.8. The Balaban J connectivity index is 1.39. The molecule has 0 radical (unpaired) electrons. The molecule has 4 saturated carbocycles. The Morgan fingerprint density at radius 2 is 1.88 bits per heavy atom. The van der Waals surface area contributed by atoms with Crippen molar-refractivity contribution in [2.24, 2.45) is 35.3 Å².